The smallest absolute Gasteiger partial charge is 0.410 e. The zero-order chi connectivity index (χ0) is 24.2. The summed E-state index contributed by atoms with van der Waals surface area (Å²) in [7, 11) is 0. The van der Waals surface area contributed by atoms with Crippen LogP contribution in [0.1, 0.15) is 12.6 Å². The van der Waals surface area contributed by atoms with Gasteiger partial charge in [0, 0.05) is 51.6 Å². The molecule has 2 aliphatic heterocycles. The minimum Gasteiger partial charge on any atom is -0.474 e. The Morgan fingerprint density at radius 2 is 1.82 bits per heavy atom. The number of carbonyl (C=O) groups is 1. The summed E-state index contributed by atoms with van der Waals surface area (Å²) in [4.78, 5) is 19.8. The summed E-state index contributed by atoms with van der Waals surface area (Å²) in [5, 5.41) is 6.92. The summed E-state index contributed by atoms with van der Waals surface area (Å²) in [6.45, 7) is 7.58. The van der Waals surface area contributed by atoms with Gasteiger partial charge in [-0.25, -0.2) is 4.79 Å². The molecule has 0 spiro atoms. The van der Waals surface area contributed by atoms with Gasteiger partial charge in [0.1, 0.15) is 19.0 Å². The second-order valence-electron chi connectivity index (χ2n) is 7.81. The molecule has 4 rings (SSSR count). The van der Waals surface area contributed by atoms with E-state index in [0.717, 1.165) is 24.3 Å². The first-order valence-corrected chi connectivity index (χ1v) is 11.3. The molecule has 0 bridgehead atoms. The minimum atomic E-state index is -0.346. The van der Waals surface area contributed by atoms with Crippen LogP contribution in [0.5, 0.6) is 5.88 Å². The van der Waals surface area contributed by atoms with E-state index in [-0.39, 0.29) is 20.7 Å². The van der Waals surface area contributed by atoms with Crippen molar-refractivity contribution < 1.29 is 25.2 Å². The number of amides is 1. The molecule has 10 heteroatoms. The Morgan fingerprint density at radius 1 is 1.12 bits per heavy atom. The van der Waals surface area contributed by atoms with Crippen molar-refractivity contribution in [3.05, 3.63) is 47.5 Å². The van der Waals surface area contributed by atoms with Crippen molar-refractivity contribution in [3.63, 3.8) is 0 Å². The first kappa shape index (κ1) is 25.3. The van der Waals surface area contributed by atoms with Crippen LogP contribution in [0.2, 0.25) is 0 Å². The predicted octanol–water partition coefficient (Wildman–Crippen LogP) is 2.59. The maximum absolute atomic E-state index is 11.9. The van der Waals surface area contributed by atoms with Crippen LogP contribution in [-0.4, -0.2) is 88.0 Å². The molecule has 0 aliphatic carbocycles. The number of ether oxygens (including phenoxy) is 4. The van der Waals surface area contributed by atoms with E-state index in [1.54, 1.807) is 4.90 Å². The summed E-state index contributed by atoms with van der Waals surface area (Å²) >= 11 is 0. The van der Waals surface area contributed by atoms with Crippen molar-refractivity contribution in [1.29, 1.82) is 5.41 Å². The average Bonchev–Trinajstić information content (AvgIpc) is 2.87. The fraction of sp³-hybridized carbons (Fsp3) is 0.458. The molecule has 2 aromatic rings. The average molecular weight is 474 g/mol. The third-order valence-electron chi connectivity index (χ3n) is 5.22. The van der Waals surface area contributed by atoms with E-state index in [9.17, 15) is 4.79 Å². The van der Waals surface area contributed by atoms with Crippen LogP contribution in [0.4, 0.5) is 16.3 Å². The van der Waals surface area contributed by atoms with Crippen molar-refractivity contribution in [2.75, 3.05) is 76.5 Å². The fourth-order valence-electron chi connectivity index (χ4n) is 3.46. The number of benzene rings is 1. The second-order valence-corrected chi connectivity index (χ2v) is 7.81. The van der Waals surface area contributed by atoms with Crippen molar-refractivity contribution in [2.45, 2.75) is 6.92 Å². The molecule has 0 unspecified atom stereocenters. The van der Waals surface area contributed by atoms with Crippen LogP contribution < -0.4 is 15.4 Å². The Hall–Kier alpha value is -3.37. The Labute approximate surface area is 201 Å². The van der Waals surface area contributed by atoms with Gasteiger partial charge in [-0.05, 0) is 12.5 Å². The molecule has 1 aromatic heterocycles. The number of hydrogen-bond donors (Lipinski definition) is 2. The Balaban J connectivity index is 0.000000366. The van der Waals surface area contributed by atoms with Crippen LogP contribution in [-0.2, 0) is 14.2 Å². The van der Waals surface area contributed by atoms with E-state index in [1.165, 1.54) is 11.8 Å². The van der Waals surface area contributed by atoms with Gasteiger partial charge < -0.3 is 39.9 Å². The molecule has 34 heavy (non-hydrogen) atoms. The second kappa shape index (κ2) is 13.4. The Morgan fingerprint density at radius 3 is 2.47 bits per heavy atom. The quantitative estimate of drug-likeness (QED) is 0.485. The molecule has 186 valence electrons. The molecule has 0 saturated carbocycles. The van der Waals surface area contributed by atoms with Gasteiger partial charge >= 0.3 is 6.09 Å². The van der Waals surface area contributed by atoms with Crippen molar-refractivity contribution in [3.8, 4) is 5.88 Å². The lowest BCUT2D eigenvalue weighted by molar-refractivity contribution is 0.0238. The number of nitrogen functional groups attached to an aromatic ring is 1. The number of aromatic nitrogens is 1. The molecular formula is C24H35N5O5. The molecular weight excluding hydrogens is 438 g/mol. The van der Waals surface area contributed by atoms with E-state index in [1.807, 2.05) is 43.3 Å². The molecule has 3 N–H and O–H groups in total. The van der Waals surface area contributed by atoms with Crippen LogP contribution in [0.15, 0.2) is 36.4 Å². The third kappa shape index (κ3) is 8.20. The third-order valence-corrected chi connectivity index (χ3v) is 5.22. The monoisotopic (exact) mass is 473 g/mol. The van der Waals surface area contributed by atoms with Gasteiger partial charge in [-0.2, -0.15) is 4.98 Å². The molecule has 0 radical (unpaired) electrons. The van der Waals surface area contributed by atoms with E-state index in [0.29, 0.717) is 51.2 Å². The van der Waals surface area contributed by atoms with Gasteiger partial charge in [-0.3, -0.25) is 0 Å². The highest BCUT2D eigenvalue weighted by molar-refractivity contribution is 5.77. The molecule has 0 atom stereocenters. The van der Waals surface area contributed by atoms with Gasteiger partial charge in [0.25, 0.3) is 0 Å². The highest BCUT2D eigenvalue weighted by Crippen LogP contribution is 2.23. The van der Waals surface area contributed by atoms with E-state index < -0.39 is 0 Å². The molecule has 2 aliphatic rings. The molecule has 10 nitrogen and oxygen atoms in total. The zero-order valence-electron chi connectivity index (χ0n) is 19.6. The maximum Gasteiger partial charge on any atom is 0.410 e. The molecule has 2 saturated heterocycles. The topological polar surface area (TPSA) is 123 Å². The Bertz CT molecular complexity index is 936. The van der Waals surface area contributed by atoms with E-state index in [2.05, 4.69) is 9.88 Å². The number of nitrogens with zero attached hydrogens (tertiary/aromatic N) is 3. The summed E-state index contributed by atoms with van der Waals surface area (Å²) in [5.74, 6) is 0.813. The summed E-state index contributed by atoms with van der Waals surface area (Å²) < 4.78 is 21.3. The van der Waals surface area contributed by atoms with Crippen LogP contribution in [0, 0.1) is 12.3 Å². The SMILES string of the molecule is Cc1cccc(C=N)c1.Nc1cc(N2CCOCC2)cc(OCCOC(=O)N2CCOCC2)n1.[HH]. The number of morpholine rings is 2. The van der Waals surface area contributed by atoms with Gasteiger partial charge in [0.2, 0.25) is 5.88 Å². The van der Waals surface area contributed by atoms with Crippen LogP contribution in [0.3, 0.4) is 0 Å². The molecule has 1 aromatic carbocycles. The number of hydrogen-bond acceptors (Lipinski definition) is 9. The van der Waals surface area contributed by atoms with Crippen LogP contribution in [0.25, 0.3) is 0 Å². The summed E-state index contributed by atoms with van der Waals surface area (Å²) in [6.07, 6.45) is 1.01. The number of aryl methyl sites for hydroxylation is 1. The molecule has 2 fully saturated rings. The lowest BCUT2D eigenvalue weighted by atomic mass is 10.2. The lowest BCUT2D eigenvalue weighted by Gasteiger charge is -2.29. The number of pyridine rings is 1. The first-order chi connectivity index (χ1) is 16.5. The normalized spacial score (nSPS) is 15.7. The number of anilines is 2. The minimum absolute atomic E-state index is 0. The van der Waals surface area contributed by atoms with Gasteiger partial charge in [0.15, 0.2) is 0 Å². The Kier molecular flexibility index (Phi) is 9.93. The van der Waals surface area contributed by atoms with Crippen molar-refractivity contribution >= 4 is 23.8 Å². The van der Waals surface area contributed by atoms with Gasteiger partial charge in [0.05, 0.1) is 26.4 Å². The molecule has 3 heterocycles. The summed E-state index contributed by atoms with van der Waals surface area (Å²) in [5.41, 5.74) is 8.99. The number of nitrogens with two attached hydrogens (primary N) is 1. The van der Waals surface area contributed by atoms with Crippen molar-refractivity contribution in [1.82, 2.24) is 9.88 Å². The number of carbonyl (C=O) groups excluding carboxylic acids is 1. The van der Waals surface area contributed by atoms with E-state index in [4.69, 9.17) is 30.1 Å². The molecule has 1 amide bonds. The summed E-state index contributed by atoms with van der Waals surface area (Å²) in [6, 6.07) is 11.5. The lowest BCUT2D eigenvalue weighted by Crippen LogP contribution is -2.41. The van der Waals surface area contributed by atoms with Gasteiger partial charge in [-0.15, -0.1) is 0 Å². The largest absolute Gasteiger partial charge is 0.474 e. The van der Waals surface area contributed by atoms with Crippen molar-refractivity contribution in [2.24, 2.45) is 0 Å². The standard InChI is InChI=1S/C16H24N4O5.C8H9N.H2/c17-14-11-13(19-1-5-22-6-2-19)12-15(18-14)24-9-10-25-16(21)20-3-7-23-8-4-20;1-7-3-2-4-8(5-7)6-9;/h11-12H,1-10H2,(H2,17,18);2-6,9H,1H3;1H. The zero-order valence-corrected chi connectivity index (χ0v) is 19.6. The van der Waals surface area contributed by atoms with E-state index >= 15 is 0 Å². The maximum atomic E-state index is 11.9. The van der Waals surface area contributed by atoms with Gasteiger partial charge in [-0.1, -0.05) is 29.8 Å². The highest BCUT2D eigenvalue weighted by atomic mass is 16.6. The fourth-order valence-corrected chi connectivity index (χ4v) is 3.46. The number of nitrogens with one attached hydrogen (secondary N) is 1. The van der Waals surface area contributed by atoms with Crippen LogP contribution >= 0.6 is 0 Å². The first-order valence-electron chi connectivity index (χ1n) is 11.3. The highest BCUT2D eigenvalue weighted by Gasteiger charge is 2.18. The predicted molar refractivity (Wildman–Crippen MR) is 132 cm³/mol. The number of rotatable bonds is 6.